The van der Waals surface area contributed by atoms with E-state index in [4.69, 9.17) is 0 Å². The van der Waals surface area contributed by atoms with Crippen LogP contribution in [0.3, 0.4) is 0 Å². The number of piperidine rings is 1. The van der Waals surface area contributed by atoms with Crippen LogP contribution < -0.4 is 0 Å². The zero-order valence-electron chi connectivity index (χ0n) is 20.1. The summed E-state index contributed by atoms with van der Waals surface area (Å²) in [6.45, 7) is 3.64. The topological polar surface area (TPSA) is 3.24 Å². The molecule has 34 heavy (non-hydrogen) atoms. The molecule has 0 spiro atoms. The van der Waals surface area contributed by atoms with Gasteiger partial charge in [-0.15, -0.1) is 12.4 Å². The van der Waals surface area contributed by atoms with Gasteiger partial charge in [0.25, 0.3) is 0 Å². The number of hydrogen-bond acceptors (Lipinski definition) is 1. The molecule has 1 fully saturated rings. The second-order valence-corrected chi connectivity index (χ2v) is 9.48. The Morgan fingerprint density at radius 2 is 1.15 bits per heavy atom. The van der Waals surface area contributed by atoms with Crippen LogP contribution in [0.15, 0.2) is 84.4 Å². The van der Waals surface area contributed by atoms with E-state index in [-0.39, 0.29) is 12.4 Å². The number of nitrogens with zero attached hydrogens (tertiary/aromatic N) is 1. The quantitative estimate of drug-likeness (QED) is 0.246. The number of halogens is 1. The van der Waals surface area contributed by atoms with E-state index in [0.29, 0.717) is 0 Å². The number of hydrogen-bond donors (Lipinski definition) is 0. The van der Waals surface area contributed by atoms with Crippen molar-refractivity contribution in [3.8, 4) is 0 Å². The Morgan fingerprint density at radius 1 is 0.588 bits per heavy atom. The molecule has 1 heterocycles. The largest absolute Gasteiger partial charge is 0.303 e. The molecule has 5 rings (SSSR count). The molecule has 0 unspecified atom stereocenters. The number of unbranched alkanes of at least 4 members (excludes halogenated alkanes) is 3. The summed E-state index contributed by atoms with van der Waals surface area (Å²) in [4.78, 5) is 2.69. The molecule has 3 aromatic rings. The molecule has 2 heteroatoms. The predicted octanol–water partition coefficient (Wildman–Crippen LogP) is 8.29. The van der Waals surface area contributed by atoms with Gasteiger partial charge in [-0.25, -0.2) is 0 Å². The van der Waals surface area contributed by atoms with Crippen LogP contribution >= 0.6 is 12.4 Å². The smallest absolute Gasteiger partial charge is 0.00190 e. The first kappa shape index (κ1) is 24.5. The Bertz CT molecular complexity index is 1070. The van der Waals surface area contributed by atoms with Crippen LogP contribution in [0.5, 0.6) is 0 Å². The second-order valence-electron chi connectivity index (χ2n) is 9.48. The van der Waals surface area contributed by atoms with Gasteiger partial charge in [0.15, 0.2) is 0 Å². The minimum absolute atomic E-state index is 0. The van der Waals surface area contributed by atoms with Crippen LogP contribution in [0.25, 0.3) is 17.7 Å². The molecule has 0 N–H and O–H groups in total. The van der Waals surface area contributed by atoms with Crippen molar-refractivity contribution in [2.24, 2.45) is 0 Å². The van der Waals surface area contributed by atoms with Gasteiger partial charge in [-0.3, -0.25) is 0 Å². The maximum absolute atomic E-state index is 2.69. The van der Waals surface area contributed by atoms with E-state index in [2.05, 4.69) is 95.9 Å². The van der Waals surface area contributed by atoms with Gasteiger partial charge in [-0.2, -0.15) is 0 Å². The zero-order valence-corrected chi connectivity index (χ0v) is 20.9. The molecular formula is C32H36ClN. The fourth-order valence-corrected chi connectivity index (χ4v) is 5.40. The molecule has 0 aromatic heterocycles. The van der Waals surface area contributed by atoms with E-state index in [9.17, 15) is 0 Å². The molecule has 0 amide bonds. The minimum Gasteiger partial charge on any atom is -0.303 e. The van der Waals surface area contributed by atoms with E-state index in [0.717, 1.165) is 0 Å². The highest BCUT2D eigenvalue weighted by atomic mass is 35.5. The molecule has 0 atom stereocenters. The first-order valence-corrected chi connectivity index (χ1v) is 12.7. The summed E-state index contributed by atoms with van der Waals surface area (Å²) in [6, 6.07) is 28.7. The maximum atomic E-state index is 2.69. The standard InChI is InChI=1S/C32H35N.ClH/c1(4-12-26-13-5-3-6-14-26)2-11-23-33-24-21-29(22-25-33)32-30-17-9-7-15-27(30)19-20-28-16-8-10-18-31(28)32;/h3,5-10,13-20H,1-2,4,11-12,21-25H2;1H. The van der Waals surface area contributed by atoms with Crippen molar-refractivity contribution in [1.82, 2.24) is 4.90 Å². The Kier molecular flexibility index (Phi) is 8.79. The molecule has 1 nitrogen and oxygen atoms in total. The Labute approximate surface area is 211 Å². The van der Waals surface area contributed by atoms with Crippen molar-refractivity contribution in [3.63, 3.8) is 0 Å². The summed E-state index contributed by atoms with van der Waals surface area (Å²) >= 11 is 0. The van der Waals surface area contributed by atoms with Crippen molar-refractivity contribution in [1.29, 1.82) is 0 Å². The lowest BCUT2D eigenvalue weighted by Gasteiger charge is -2.30. The SMILES string of the molecule is C1=Cc2ccccc2C(=C2CCN(CCCCCCc3ccccc3)CC2)c2ccccc21.Cl. The molecule has 0 bridgehead atoms. The van der Waals surface area contributed by atoms with Gasteiger partial charge in [0.1, 0.15) is 0 Å². The molecule has 176 valence electrons. The number of aryl methyl sites for hydroxylation is 1. The molecule has 1 saturated heterocycles. The lowest BCUT2D eigenvalue weighted by Crippen LogP contribution is -2.32. The van der Waals surface area contributed by atoms with Gasteiger partial charge in [0.05, 0.1) is 0 Å². The normalized spacial score (nSPS) is 15.3. The van der Waals surface area contributed by atoms with E-state index >= 15 is 0 Å². The summed E-state index contributed by atoms with van der Waals surface area (Å²) in [6.07, 6.45) is 13.5. The third-order valence-corrected chi connectivity index (χ3v) is 7.25. The monoisotopic (exact) mass is 469 g/mol. The van der Waals surface area contributed by atoms with Crippen molar-refractivity contribution >= 4 is 30.1 Å². The summed E-state index contributed by atoms with van der Waals surface area (Å²) in [5, 5.41) is 0. The van der Waals surface area contributed by atoms with Crippen LogP contribution in [0.2, 0.25) is 0 Å². The minimum atomic E-state index is 0. The lowest BCUT2D eigenvalue weighted by atomic mass is 9.86. The number of rotatable bonds is 7. The van der Waals surface area contributed by atoms with Gasteiger partial charge in [0.2, 0.25) is 0 Å². The van der Waals surface area contributed by atoms with E-state index in [1.54, 1.807) is 5.57 Å². The summed E-state index contributed by atoms with van der Waals surface area (Å²) in [5.41, 5.74) is 10.1. The van der Waals surface area contributed by atoms with Crippen molar-refractivity contribution in [2.75, 3.05) is 19.6 Å². The van der Waals surface area contributed by atoms with Gasteiger partial charge in [-0.1, -0.05) is 109 Å². The van der Waals surface area contributed by atoms with Crippen molar-refractivity contribution in [3.05, 3.63) is 112 Å². The average Bonchev–Trinajstić information content (AvgIpc) is 3.04. The van der Waals surface area contributed by atoms with Gasteiger partial charge >= 0.3 is 0 Å². The maximum Gasteiger partial charge on any atom is 0.00190 e. The molecular weight excluding hydrogens is 434 g/mol. The van der Waals surface area contributed by atoms with E-state index in [1.807, 2.05) is 0 Å². The van der Waals surface area contributed by atoms with Crippen LogP contribution in [0.4, 0.5) is 0 Å². The molecule has 2 aliphatic rings. The third-order valence-electron chi connectivity index (χ3n) is 7.25. The summed E-state index contributed by atoms with van der Waals surface area (Å²) < 4.78 is 0. The first-order valence-electron chi connectivity index (χ1n) is 12.7. The molecule has 1 aliphatic carbocycles. The highest BCUT2D eigenvalue weighted by Crippen LogP contribution is 2.38. The summed E-state index contributed by atoms with van der Waals surface area (Å²) in [5.74, 6) is 0. The van der Waals surface area contributed by atoms with E-state index < -0.39 is 0 Å². The van der Waals surface area contributed by atoms with Gasteiger partial charge < -0.3 is 4.90 Å². The fraction of sp³-hybridized carbons (Fsp3) is 0.312. The molecule has 0 saturated carbocycles. The van der Waals surface area contributed by atoms with Crippen LogP contribution in [-0.4, -0.2) is 24.5 Å². The van der Waals surface area contributed by atoms with Crippen molar-refractivity contribution < 1.29 is 0 Å². The molecule has 0 radical (unpaired) electrons. The lowest BCUT2D eigenvalue weighted by molar-refractivity contribution is 0.251. The predicted molar refractivity (Wildman–Crippen MR) is 149 cm³/mol. The first-order chi connectivity index (χ1) is 16.4. The molecule has 1 aliphatic heterocycles. The molecule has 3 aromatic carbocycles. The van der Waals surface area contributed by atoms with Crippen LogP contribution in [0.1, 0.15) is 66.3 Å². The summed E-state index contributed by atoms with van der Waals surface area (Å²) in [7, 11) is 0. The average molecular weight is 470 g/mol. The van der Waals surface area contributed by atoms with Gasteiger partial charge in [-0.05, 0) is 72.0 Å². The highest BCUT2D eigenvalue weighted by Gasteiger charge is 2.22. The fourth-order valence-electron chi connectivity index (χ4n) is 5.40. The Hall–Kier alpha value is -2.61. The number of benzene rings is 3. The Balaban J connectivity index is 0.00000274. The zero-order chi connectivity index (χ0) is 22.3. The van der Waals surface area contributed by atoms with Crippen molar-refractivity contribution in [2.45, 2.75) is 44.9 Å². The number of fused-ring (bicyclic) bond motifs is 2. The van der Waals surface area contributed by atoms with Crippen LogP contribution in [-0.2, 0) is 6.42 Å². The van der Waals surface area contributed by atoms with Crippen LogP contribution in [0, 0.1) is 0 Å². The van der Waals surface area contributed by atoms with Gasteiger partial charge in [0, 0.05) is 13.1 Å². The third kappa shape index (κ3) is 5.90. The second kappa shape index (κ2) is 12.2. The Morgan fingerprint density at radius 3 is 1.79 bits per heavy atom. The van der Waals surface area contributed by atoms with E-state index in [1.165, 1.54) is 98.0 Å². The number of likely N-dealkylation sites (tertiary alicyclic amines) is 1. The highest BCUT2D eigenvalue weighted by molar-refractivity contribution is 5.94.